The molecule has 1 amide bonds. The van der Waals surface area contributed by atoms with Crippen molar-refractivity contribution in [3.8, 4) is 0 Å². The minimum Gasteiger partial charge on any atom is -0.387 e. The Morgan fingerprint density at radius 1 is 1.35 bits per heavy atom. The van der Waals surface area contributed by atoms with Gasteiger partial charge in [0.05, 0.1) is 0 Å². The number of carbonyl (C=O) groups excluding carboxylic acids is 1. The lowest BCUT2D eigenvalue weighted by molar-refractivity contribution is -0.123. The average molecular weight is 241 g/mol. The van der Waals surface area contributed by atoms with E-state index in [1.54, 1.807) is 0 Å². The molecule has 1 aliphatic rings. The Morgan fingerprint density at radius 2 is 1.94 bits per heavy atom. The third-order valence-corrected chi connectivity index (χ3v) is 3.11. The van der Waals surface area contributed by atoms with Gasteiger partial charge in [0.15, 0.2) is 0 Å². The number of aliphatic hydroxyl groups is 1. The zero-order chi connectivity index (χ0) is 12.5. The normalized spacial score (nSPS) is 16.6. The molecule has 0 heterocycles. The molecule has 0 bridgehead atoms. The standard InChI is InChI=1S/C12H13F2NO2/c13-8-2-1-3-9(14)11(8)12(4-5-12)7-15-10(17)6-16/h1-3,16H,4-7H2,(H,15,17). The smallest absolute Gasteiger partial charge is 0.245 e. The predicted octanol–water partition coefficient (Wildman–Crippen LogP) is 1.10. The minimum absolute atomic E-state index is 0.0400. The van der Waals surface area contributed by atoms with Crippen LogP contribution in [-0.4, -0.2) is 24.2 Å². The lowest BCUT2D eigenvalue weighted by Gasteiger charge is -2.17. The second-order valence-electron chi connectivity index (χ2n) is 4.31. The van der Waals surface area contributed by atoms with Crippen LogP contribution in [-0.2, 0) is 10.2 Å². The highest BCUT2D eigenvalue weighted by Crippen LogP contribution is 2.49. The maximum absolute atomic E-state index is 13.6. The number of rotatable bonds is 4. The summed E-state index contributed by atoms with van der Waals surface area (Å²) in [6.07, 6.45) is 1.27. The van der Waals surface area contributed by atoms with Crippen molar-refractivity contribution in [2.24, 2.45) is 0 Å². The van der Waals surface area contributed by atoms with Gasteiger partial charge < -0.3 is 10.4 Å². The van der Waals surface area contributed by atoms with Crippen molar-refractivity contribution >= 4 is 5.91 Å². The van der Waals surface area contributed by atoms with Crippen molar-refractivity contribution in [1.29, 1.82) is 0 Å². The number of amides is 1. The predicted molar refractivity (Wildman–Crippen MR) is 57.4 cm³/mol. The topological polar surface area (TPSA) is 49.3 Å². The highest BCUT2D eigenvalue weighted by molar-refractivity contribution is 5.77. The summed E-state index contributed by atoms with van der Waals surface area (Å²) < 4.78 is 27.2. The molecule has 5 heteroatoms. The Morgan fingerprint density at radius 3 is 2.41 bits per heavy atom. The Balaban J connectivity index is 2.18. The molecule has 17 heavy (non-hydrogen) atoms. The summed E-state index contributed by atoms with van der Waals surface area (Å²) in [5.41, 5.74) is -0.599. The van der Waals surface area contributed by atoms with Crippen molar-refractivity contribution in [2.75, 3.05) is 13.2 Å². The Bertz CT molecular complexity index is 424. The summed E-state index contributed by atoms with van der Waals surface area (Å²) >= 11 is 0. The van der Waals surface area contributed by atoms with Gasteiger partial charge in [0.1, 0.15) is 18.2 Å². The van der Waals surface area contributed by atoms with Crippen LogP contribution in [0.2, 0.25) is 0 Å². The third kappa shape index (κ3) is 2.29. The number of halogens is 2. The quantitative estimate of drug-likeness (QED) is 0.829. The van der Waals surface area contributed by atoms with E-state index in [1.165, 1.54) is 18.2 Å². The molecular weight excluding hydrogens is 228 g/mol. The fraction of sp³-hybridized carbons (Fsp3) is 0.417. The van der Waals surface area contributed by atoms with Crippen molar-refractivity contribution in [3.63, 3.8) is 0 Å². The first-order valence-electron chi connectivity index (χ1n) is 5.41. The first-order valence-corrected chi connectivity index (χ1v) is 5.41. The summed E-state index contributed by atoms with van der Waals surface area (Å²) in [4.78, 5) is 10.9. The van der Waals surface area contributed by atoms with Crippen LogP contribution in [0.1, 0.15) is 18.4 Å². The molecule has 1 aromatic rings. The molecule has 2 rings (SSSR count). The van der Waals surface area contributed by atoms with Crippen LogP contribution < -0.4 is 5.32 Å². The van der Waals surface area contributed by atoms with Gasteiger partial charge in [-0.25, -0.2) is 8.78 Å². The van der Waals surface area contributed by atoms with E-state index in [4.69, 9.17) is 5.11 Å². The highest BCUT2D eigenvalue weighted by atomic mass is 19.1. The van der Waals surface area contributed by atoms with Crippen LogP contribution in [0.4, 0.5) is 8.78 Å². The van der Waals surface area contributed by atoms with E-state index in [1.807, 2.05) is 0 Å². The molecule has 0 spiro atoms. The van der Waals surface area contributed by atoms with Crippen LogP contribution in [0.25, 0.3) is 0 Å². The molecule has 1 aliphatic carbocycles. The van der Waals surface area contributed by atoms with Gasteiger partial charge in [-0.05, 0) is 25.0 Å². The van der Waals surface area contributed by atoms with Gasteiger partial charge in [-0.15, -0.1) is 0 Å². The Kier molecular flexibility index (Phi) is 3.11. The lowest BCUT2D eigenvalue weighted by atomic mass is 9.94. The van der Waals surface area contributed by atoms with E-state index in [-0.39, 0.29) is 12.1 Å². The molecule has 1 saturated carbocycles. The maximum atomic E-state index is 13.6. The van der Waals surface area contributed by atoms with E-state index in [2.05, 4.69) is 5.32 Å². The van der Waals surface area contributed by atoms with Gasteiger partial charge >= 0.3 is 0 Å². The zero-order valence-electron chi connectivity index (χ0n) is 9.17. The molecule has 92 valence electrons. The van der Waals surface area contributed by atoms with Crippen LogP contribution >= 0.6 is 0 Å². The van der Waals surface area contributed by atoms with Crippen molar-refractivity contribution in [2.45, 2.75) is 18.3 Å². The summed E-state index contributed by atoms with van der Waals surface area (Å²) in [5.74, 6) is -1.70. The Hall–Kier alpha value is -1.49. The third-order valence-electron chi connectivity index (χ3n) is 3.11. The van der Waals surface area contributed by atoms with E-state index in [0.717, 1.165) is 0 Å². The fourth-order valence-corrected chi connectivity index (χ4v) is 1.99. The maximum Gasteiger partial charge on any atom is 0.245 e. The van der Waals surface area contributed by atoms with Crippen molar-refractivity contribution in [1.82, 2.24) is 5.32 Å². The first kappa shape index (κ1) is 12.0. The molecule has 2 N–H and O–H groups in total. The number of aliphatic hydroxyl groups excluding tert-OH is 1. The van der Waals surface area contributed by atoms with Gasteiger partial charge in [0.2, 0.25) is 5.91 Å². The molecule has 0 aromatic heterocycles. The van der Waals surface area contributed by atoms with Crippen molar-refractivity contribution < 1.29 is 18.7 Å². The molecule has 1 fully saturated rings. The number of hydrogen-bond acceptors (Lipinski definition) is 2. The zero-order valence-corrected chi connectivity index (χ0v) is 9.17. The largest absolute Gasteiger partial charge is 0.387 e. The first-order chi connectivity index (χ1) is 8.09. The monoisotopic (exact) mass is 241 g/mol. The number of hydrogen-bond donors (Lipinski definition) is 2. The lowest BCUT2D eigenvalue weighted by Crippen LogP contribution is -2.34. The molecule has 0 aliphatic heterocycles. The second kappa shape index (κ2) is 4.41. The highest BCUT2D eigenvalue weighted by Gasteiger charge is 2.47. The van der Waals surface area contributed by atoms with Gasteiger partial charge in [-0.2, -0.15) is 0 Å². The van der Waals surface area contributed by atoms with Crippen LogP contribution in [0.3, 0.4) is 0 Å². The second-order valence-corrected chi connectivity index (χ2v) is 4.31. The molecule has 1 aromatic carbocycles. The SMILES string of the molecule is O=C(CO)NCC1(c2c(F)cccc2F)CC1. The molecule has 3 nitrogen and oxygen atoms in total. The summed E-state index contributed by atoms with van der Waals surface area (Å²) in [6.45, 7) is -0.458. The molecule has 0 atom stereocenters. The molecule has 0 radical (unpaired) electrons. The molecule has 0 unspecified atom stereocenters. The minimum atomic E-state index is -0.639. The number of nitrogens with one attached hydrogen (secondary N) is 1. The van der Waals surface area contributed by atoms with Gasteiger partial charge in [-0.3, -0.25) is 4.79 Å². The van der Waals surface area contributed by atoms with Crippen LogP contribution in [0, 0.1) is 11.6 Å². The van der Waals surface area contributed by atoms with Gasteiger partial charge in [0, 0.05) is 17.5 Å². The number of carbonyl (C=O) groups is 1. The summed E-state index contributed by atoms with van der Waals surface area (Å²) in [6, 6.07) is 3.75. The average Bonchev–Trinajstić information content (AvgIpc) is 3.07. The summed E-state index contributed by atoms with van der Waals surface area (Å²) in [5, 5.41) is 11.0. The van der Waals surface area contributed by atoms with Crippen LogP contribution in [0.5, 0.6) is 0 Å². The van der Waals surface area contributed by atoms with Crippen LogP contribution in [0.15, 0.2) is 18.2 Å². The van der Waals surface area contributed by atoms with E-state index < -0.39 is 29.6 Å². The summed E-state index contributed by atoms with van der Waals surface area (Å²) in [7, 11) is 0. The van der Waals surface area contributed by atoms with E-state index in [9.17, 15) is 13.6 Å². The van der Waals surface area contributed by atoms with Crippen molar-refractivity contribution in [3.05, 3.63) is 35.4 Å². The van der Waals surface area contributed by atoms with E-state index >= 15 is 0 Å². The Labute approximate surface area is 97.5 Å². The van der Waals surface area contributed by atoms with Gasteiger partial charge in [-0.1, -0.05) is 6.07 Å². The molecule has 0 saturated heterocycles. The number of benzene rings is 1. The van der Waals surface area contributed by atoms with E-state index in [0.29, 0.717) is 12.8 Å². The molecular formula is C12H13F2NO2. The fourth-order valence-electron chi connectivity index (χ4n) is 1.99. The van der Waals surface area contributed by atoms with Gasteiger partial charge in [0.25, 0.3) is 0 Å².